The topological polar surface area (TPSA) is 77.9 Å². The number of carboxylic acid groups (broad SMARTS) is 1. The lowest BCUT2D eigenvalue weighted by Crippen LogP contribution is -2.05. The number of carboxylic acids is 1. The van der Waals surface area contributed by atoms with Gasteiger partial charge in [-0.1, -0.05) is 6.07 Å². The molecular weight excluding hydrogens is 274 g/mol. The second-order valence-corrected chi connectivity index (χ2v) is 4.13. The molecule has 0 fully saturated rings. The molecule has 0 unspecified atom stereocenters. The summed E-state index contributed by atoms with van der Waals surface area (Å²) in [7, 11) is 3.00. The average Bonchev–Trinajstić information content (AvgIpc) is 2.52. The summed E-state index contributed by atoms with van der Waals surface area (Å²) in [6, 6.07) is 9.89. The summed E-state index contributed by atoms with van der Waals surface area (Å²) in [5, 5.41) is 9.19. The maximum Gasteiger partial charge on any atom is 0.339 e. The highest BCUT2D eigenvalue weighted by Gasteiger charge is 2.13. The number of ether oxygens (including phenoxy) is 3. The first-order valence-corrected chi connectivity index (χ1v) is 6.18. The minimum absolute atomic E-state index is 0.0391. The first kappa shape index (κ1) is 14.6. The van der Waals surface area contributed by atoms with E-state index in [9.17, 15) is 9.90 Å². The van der Waals surface area contributed by atoms with Crippen LogP contribution in [0.5, 0.6) is 17.4 Å². The molecule has 1 heterocycles. The molecule has 0 saturated carbocycles. The Hall–Kier alpha value is -2.76. The molecule has 0 aliphatic heterocycles. The standard InChI is InChI=1S/C15H15NO5/c1-19-11-6-7-13(12(8-11)15(17)18)21-9-10-4-3-5-14(16-10)20-2/h3-8H,9H2,1-2H3,(H,17,18). The lowest BCUT2D eigenvalue weighted by molar-refractivity contribution is 0.0691. The van der Waals surface area contributed by atoms with Crippen molar-refractivity contribution in [3.8, 4) is 17.4 Å². The van der Waals surface area contributed by atoms with Crippen LogP contribution in [0, 0.1) is 0 Å². The summed E-state index contributed by atoms with van der Waals surface area (Å²) in [4.78, 5) is 15.4. The fraction of sp³-hybridized carbons (Fsp3) is 0.200. The lowest BCUT2D eigenvalue weighted by atomic mass is 10.2. The third-order valence-corrected chi connectivity index (χ3v) is 2.78. The summed E-state index contributed by atoms with van der Waals surface area (Å²) < 4.78 is 15.6. The fourth-order valence-electron chi connectivity index (χ4n) is 1.73. The first-order valence-electron chi connectivity index (χ1n) is 6.18. The summed E-state index contributed by atoms with van der Waals surface area (Å²) in [6.45, 7) is 0.143. The van der Waals surface area contributed by atoms with Crippen molar-refractivity contribution < 1.29 is 24.1 Å². The molecule has 0 amide bonds. The van der Waals surface area contributed by atoms with Crippen molar-refractivity contribution in [2.24, 2.45) is 0 Å². The number of aromatic nitrogens is 1. The van der Waals surface area contributed by atoms with Crippen molar-refractivity contribution >= 4 is 5.97 Å². The van der Waals surface area contributed by atoms with E-state index in [1.807, 2.05) is 0 Å². The normalized spacial score (nSPS) is 10.0. The Morgan fingerprint density at radius 3 is 2.67 bits per heavy atom. The fourth-order valence-corrected chi connectivity index (χ4v) is 1.73. The van der Waals surface area contributed by atoms with Crippen LogP contribution in [0.4, 0.5) is 0 Å². The van der Waals surface area contributed by atoms with Crippen molar-refractivity contribution in [3.63, 3.8) is 0 Å². The third kappa shape index (κ3) is 3.62. The van der Waals surface area contributed by atoms with Gasteiger partial charge in [0, 0.05) is 6.07 Å². The Kier molecular flexibility index (Phi) is 4.61. The molecule has 2 aromatic rings. The number of methoxy groups -OCH3 is 2. The molecule has 1 N–H and O–H groups in total. The Balaban J connectivity index is 2.17. The molecule has 0 bridgehead atoms. The molecule has 0 saturated heterocycles. The summed E-state index contributed by atoms with van der Waals surface area (Å²) in [5.74, 6) is 0.110. The van der Waals surface area contributed by atoms with Gasteiger partial charge in [-0.25, -0.2) is 9.78 Å². The van der Waals surface area contributed by atoms with Crippen LogP contribution in [-0.4, -0.2) is 30.3 Å². The number of aromatic carboxylic acids is 1. The maximum atomic E-state index is 11.2. The van der Waals surface area contributed by atoms with Crippen molar-refractivity contribution in [3.05, 3.63) is 47.7 Å². The minimum atomic E-state index is -1.08. The van der Waals surface area contributed by atoms with Gasteiger partial charge in [-0.3, -0.25) is 0 Å². The average molecular weight is 289 g/mol. The number of nitrogens with zero attached hydrogens (tertiary/aromatic N) is 1. The monoisotopic (exact) mass is 289 g/mol. The van der Waals surface area contributed by atoms with Gasteiger partial charge in [-0.2, -0.15) is 0 Å². The van der Waals surface area contributed by atoms with Crippen molar-refractivity contribution in [2.75, 3.05) is 14.2 Å². The van der Waals surface area contributed by atoms with Gasteiger partial charge in [0.15, 0.2) is 0 Å². The van der Waals surface area contributed by atoms with E-state index in [-0.39, 0.29) is 17.9 Å². The van der Waals surface area contributed by atoms with E-state index in [4.69, 9.17) is 14.2 Å². The largest absolute Gasteiger partial charge is 0.497 e. The van der Waals surface area contributed by atoms with Crippen LogP contribution < -0.4 is 14.2 Å². The number of carbonyl (C=O) groups is 1. The Morgan fingerprint density at radius 1 is 1.19 bits per heavy atom. The van der Waals surface area contributed by atoms with Gasteiger partial charge >= 0.3 is 5.97 Å². The molecule has 6 nitrogen and oxygen atoms in total. The quantitative estimate of drug-likeness (QED) is 0.879. The van der Waals surface area contributed by atoms with Crippen LogP contribution >= 0.6 is 0 Å². The molecule has 0 spiro atoms. The Morgan fingerprint density at radius 2 is 2.00 bits per heavy atom. The molecule has 0 aliphatic carbocycles. The Bertz CT molecular complexity index is 642. The van der Waals surface area contributed by atoms with Crippen LogP contribution in [0.2, 0.25) is 0 Å². The molecule has 2 rings (SSSR count). The lowest BCUT2D eigenvalue weighted by Gasteiger charge is -2.10. The molecule has 0 radical (unpaired) electrons. The predicted octanol–water partition coefficient (Wildman–Crippen LogP) is 2.38. The second kappa shape index (κ2) is 6.60. The zero-order valence-corrected chi connectivity index (χ0v) is 11.7. The zero-order chi connectivity index (χ0) is 15.2. The van der Waals surface area contributed by atoms with Crippen LogP contribution in [0.3, 0.4) is 0 Å². The first-order chi connectivity index (χ1) is 10.1. The van der Waals surface area contributed by atoms with Gasteiger partial charge in [0.05, 0.1) is 19.9 Å². The van der Waals surface area contributed by atoms with E-state index in [0.717, 1.165) is 0 Å². The van der Waals surface area contributed by atoms with Crippen molar-refractivity contribution in [2.45, 2.75) is 6.61 Å². The molecular formula is C15H15NO5. The van der Waals surface area contributed by atoms with Gasteiger partial charge in [-0.05, 0) is 24.3 Å². The molecule has 1 aromatic heterocycles. The highest BCUT2D eigenvalue weighted by Crippen LogP contribution is 2.25. The van der Waals surface area contributed by atoms with Gasteiger partial charge in [-0.15, -0.1) is 0 Å². The predicted molar refractivity (Wildman–Crippen MR) is 75.1 cm³/mol. The van der Waals surface area contributed by atoms with Crippen LogP contribution in [-0.2, 0) is 6.61 Å². The number of rotatable bonds is 6. The van der Waals surface area contributed by atoms with E-state index in [0.29, 0.717) is 17.3 Å². The second-order valence-electron chi connectivity index (χ2n) is 4.13. The highest BCUT2D eigenvalue weighted by atomic mass is 16.5. The van der Waals surface area contributed by atoms with Gasteiger partial charge in [0.25, 0.3) is 0 Å². The Labute approximate surface area is 121 Å². The van der Waals surface area contributed by atoms with Gasteiger partial charge in [0.2, 0.25) is 5.88 Å². The van der Waals surface area contributed by atoms with Crippen molar-refractivity contribution in [1.82, 2.24) is 4.98 Å². The summed E-state index contributed by atoms with van der Waals surface area (Å²) >= 11 is 0. The molecule has 1 aromatic carbocycles. The highest BCUT2D eigenvalue weighted by molar-refractivity contribution is 5.91. The molecule has 0 atom stereocenters. The molecule has 6 heteroatoms. The zero-order valence-electron chi connectivity index (χ0n) is 11.7. The van der Waals surface area contributed by atoms with Crippen LogP contribution in [0.1, 0.15) is 16.1 Å². The maximum absolute atomic E-state index is 11.2. The smallest absolute Gasteiger partial charge is 0.339 e. The van der Waals surface area contributed by atoms with Crippen LogP contribution in [0.25, 0.3) is 0 Å². The molecule has 0 aliphatic rings. The van der Waals surface area contributed by atoms with E-state index in [1.54, 1.807) is 30.3 Å². The summed E-state index contributed by atoms with van der Waals surface area (Å²) in [6.07, 6.45) is 0. The minimum Gasteiger partial charge on any atom is -0.497 e. The van der Waals surface area contributed by atoms with E-state index >= 15 is 0 Å². The number of pyridine rings is 1. The summed E-state index contributed by atoms with van der Waals surface area (Å²) in [5.41, 5.74) is 0.679. The van der Waals surface area contributed by atoms with Crippen LogP contribution in [0.15, 0.2) is 36.4 Å². The molecule has 21 heavy (non-hydrogen) atoms. The van der Waals surface area contributed by atoms with Gasteiger partial charge in [0.1, 0.15) is 23.7 Å². The number of hydrogen-bond acceptors (Lipinski definition) is 5. The number of hydrogen-bond donors (Lipinski definition) is 1. The van der Waals surface area contributed by atoms with E-state index in [2.05, 4.69) is 4.98 Å². The van der Waals surface area contributed by atoms with Crippen molar-refractivity contribution in [1.29, 1.82) is 0 Å². The third-order valence-electron chi connectivity index (χ3n) is 2.78. The van der Waals surface area contributed by atoms with E-state index in [1.165, 1.54) is 20.3 Å². The number of benzene rings is 1. The van der Waals surface area contributed by atoms with E-state index < -0.39 is 5.97 Å². The SMILES string of the molecule is COc1ccc(OCc2cccc(OC)n2)c(C(=O)O)c1. The molecule has 110 valence electrons. The van der Waals surface area contributed by atoms with Gasteiger partial charge < -0.3 is 19.3 Å².